The van der Waals surface area contributed by atoms with E-state index in [1.807, 2.05) is 36.4 Å². The average molecular weight is 405 g/mol. The van der Waals surface area contributed by atoms with Crippen LogP contribution in [0.25, 0.3) is 6.08 Å². The molecule has 0 saturated carbocycles. The fourth-order valence-electron chi connectivity index (χ4n) is 3.44. The molecule has 29 heavy (non-hydrogen) atoms. The molecule has 0 N–H and O–H groups in total. The van der Waals surface area contributed by atoms with E-state index in [1.165, 1.54) is 5.56 Å². The van der Waals surface area contributed by atoms with E-state index in [-0.39, 0.29) is 0 Å². The summed E-state index contributed by atoms with van der Waals surface area (Å²) in [5.74, 6) is 0.798. The number of hydrogen-bond acceptors (Lipinski definition) is 3. The van der Waals surface area contributed by atoms with E-state index in [9.17, 15) is 0 Å². The molecule has 1 aliphatic rings. The SMILES string of the molecule is Clc1cc(OCc2ccccc2)ccc1N1CCN(C=Cc2ccccc2)CC1. The molecule has 0 aromatic heterocycles. The van der Waals surface area contributed by atoms with Gasteiger partial charge in [-0.15, -0.1) is 0 Å². The van der Waals surface area contributed by atoms with Gasteiger partial charge in [-0.2, -0.15) is 0 Å². The number of benzene rings is 3. The Labute approximate surface area is 177 Å². The normalized spacial score (nSPS) is 14.4. The molecule has 4 rings (SSSR count). The minimum absolute atomic E-state index is 0.545. The van der Waals surface area contributed by atoms with Crippen molar-refractivity contribution in [2.45, 2.75) is 6.61 Å². The van der Waals surface area contributed by atoms with Gasteiger partial charge < -0.3 is 14.5 Å². The average Bonchev–Trinajstić information content (AvgIpc) is 2.78. The molecule has 0 aliphatic carbocycles. The molecule has 1 saturated heterocycles. The fourth-order valence-corrected chi connectivity index (χ4v) is 3.73. The third-order valence-corrected chi connectivity index (χ3v) is 5.40. The van der Waals surface area contributed by atoms with Crippen LogP contribution in [0.1, 0.15) is 11.1 Å². The fraction of sp³-hybridized carbons (Fsp3) is 0.200. The van der Waals surface area contributed by atoms with Crippen molar-refractivity contribution in [2.24, 2.45) is 0 Å². The Bertz CT molecular complexity index is 936. The molecule has 3 nitrogen and oxygen atoms in total. The summed E-state index contributed by atoms with van der Waals surface area (Å²) in [6.07, 6.45) is 4.36. The van der Waals surface area contributed by atoms with Crippen molar-refractivity contribution >= 4 is 23.4 Å². The van der Waals surface area contributed by atoms with Crippen LogP contribution in [-0.4, -0.2) is 31.1 Å². The zero-order valence-corrected chi connectivity index (χ0v) is 17.1. The first-order chi connectivity index (χ1) is 14.3. The lowest BCUT2D eigenvalue weighted by Crippen LogP contribution is -2.44. The molecule has 1 fully saturated rings. The van der Waals surface area contributed by atoms with Gasteiger partial charge in [-0.1, -0.05) is 72.3 Å². The molecule has 148 valence electrons. The summed E-state index contributed by atoms with van der Waals surface area (Å²) in [6, 6.07) is 26.5. The number of nitrogens with zero attached hydrogens (tertiary/aromatic N) is 2. The third-order valence-electron chi connectivity index (χ3n) is 5.10. The molecule has 0 bridgehead atoms. The van der Waals surface area contributed by atoms with Gasteiger partial charge in [-0.05, 0) is 35.5 Å². The summed E-state index contributed by atoms with van der Waals surface area (Å²) in [5, 5.41) is 0.740. The smallest absolute Gasteiger partial charge is 0.121 e. The van der Waals surface area contributed by atoms with Crippen molar-refractivity contribution in [3.63, 3.8) is 0 Å². The second-order valence-corrected chi connectivity index (χ2v) is 7.54. The van der Waals surface area contributed by atoms with Crippen molar-refractivity contribution < 1.29 is 4.74 Å². The van der Waals surface area contributed by atoms with E-state index in [2.05, 4.69) is 64.5 Å². The van der Waals surface area contributed by atoms with E-state index in [0.29, 0.717) is 6.61 Å². The predicted octanol–water partition coefficient (Wildman–Crippen LogP) is 5.71. The van der Waals surface area contributed by atoms with E-state index >= 15 is 0 Å². The standard InChI is InChI=1S/C25H25ClN2O/c26-24-19-23(29-20-22-9-5-2-6-10-22)11-12-25(24)28-17-15-27(16-18-28)14-13-21-7-3-1-4-8-21/h1-14,19H,15-18,20H2. The van der Waals surface area contributed by atoms with Crippen LogP contribution >= 0.6 is 11.6 Å². The van der Waals surface area contributed by atoms with Gasteiger partial charge in [0.25, 0.3) is 0 Å². The summed E-state index contributed by atoms with van der Waals surface area (Å²) < 4.78 is 5.89. The zero-order chi connectivity index (χ0) is 19.9. The van der Waals surface area contributed by atoms with Gasteiger partial charge >= 0.3 is 0 Å². The van der Waals surface area contributed by atoms with Crippen LogP contribution in [-0.2, 0) is 6.61 Å². The molecule has 1 aliphatic heterocycles. The predicted molar refractivity (Wildman–Crippen MR) is 121 cm³/mol. The maximum absolute atomic E-state index is 6.57. The molecule has 0 radical (unpaired) electrons. The molecule has 4 heteroatoms. The van der Waals surface area contributed by atoms with Gasteiger partial charge in [0.2, 0.25) is 0 Å². The molecule has 0 unspecified atom stereocenters. The maximum atomic E-state index is 6.57. The minimum atomic E-state index is 0.545. The monoisotopic (exact) mass is 404 g/mol. The minimum Gasteiger partial charge on any atom is -0.489 e. The van der Waals surface area contributed by atoms with Gasteiger partial charge in [-0.3, -0.25) is 0 Å². The number of halogens is 1. The van der Waals surface area contributed by atoms with Gasteiger partial charge in [0.15, 0.2) is 0 Å². The second kappa shape index (κ2) is 9.53. The quantitative estimate of drug-likeness (QED) is 0.523. The van der Waals surface area contributed by atoms with Crippen molar-refractivity contribution in [3.05, 3.63) is 101 Å². The first-order valence-corrected chi connectivity index (χ1v) is 10.3. The van der Waals surface area contributed by atoms with Crippen LogP contribution in [0.3, 0.4) is 0 Å². The van der Waals surface area contributed by atoms with Gasteiger partial charge in [-0.25, -0.2) is 0 Å². The molecular weight excluding hydrogens is 380 g/mol. The largest absolute Gasteiger partial charge is 0.489 e. The Morgan fingerprint density at radius 2 is 1.52 bits per heavy atom. The van der Waals surface area contributed by atoms with Crippen molar-refractivity contribution in [3.8, 4) is 5.75 Å². The molecule has 0 amide bonds. The van der Waals surface area contributed by atoms with Crippen molar-refractivity contribution in [2.75, 3.05) is 31.1 Å². The Balaban J connectivity index is 1.32. The number of anilines is 1. The number of piperazine rings is 1. The summed E-state index contributed by atoms with van der Waals surface area (Å²) in [5.41, 5.74) is 3.45. The summed E-state index contributed by atoms with van der Waals surface area (Å²) in [4.78, 5) is 4.70. The van der Waals surface area contributed by atoms with E-state index in [0.717, 1.165) is 48.2 Å². The molecule has 3 aromatic rings. The zero-order valence-electron chi connectivity index (χ0n) is 16.4. The lowest BCUT2D eigenvalue weighted by atomic mass is 10.2. The molecular formula is C25H25ClN2O. The van der Waals surface area contributed by atoms with Crippen LogP contribution in [0.15, 0.2) is 85.1 Å². The highest BCUT2D eigenvalue weighted by Gasteiger charge is 2.17. The summed E-state index contributed by atoms with van der Waals surface area (Å²) in [6.45, 7) is 4.40. The van der Waals surface area contributed by atoms with Crippen molar-refractivity contribution in [1.29, 1.82) is 0 Å². The van der Waals surface area contributed by atoms with Gasteiger partial charge in [0.05, 0.1) is 10.7 Å². The number of rotatable bonds is 6. The Hall–Kier alpha value is -2.91. The van der Waals surface area contributed by atoms with Crippen LogP contribution in [0, 0.1) is 0 Å². The van der Waals surface area contributed by atoms with E-state index in [4.69, 9.17) is 16.3 Å². The topological polar surface area (TPSA) is 15.7 Å². The lowest BCUT2D eigenvalue weighted by Gasteiger charge is -2.36. The first kappa shape index (κ1) is 19.4. The van der Waals surface area contributed by atoms with Gasteiger partial charge in [0.1, 0.15) is 12.4 Å². The highest BCUT2D eigenvalue weighted by molar-refractivity contribution is 6.33. The van der Waals surface area contributed by atoms with Crippen LogP contribution in [0.5, 0.6) is 5.75 Å². The molecule has 0 atom stereocenters. The number of ether oxygens (including phenoxy) is 1. The lowest BCUT2D eigenvalue weighted by molar-refractivity contribution is 0.306. The highest BCUT2D eigenvalue weighted by atomic mass is 35.5. The third kappa shape index (κ3) is 5.33. The van der Waals surface area contributed by atoms with Crippen LogP contribution < -0.4 is 9.64 Å². The maximum Gasteiger partial charge on any atom is 0.121 e. The first-order valence-electron chi connectivity index (χ1n) is 9.96. The van der Waals surface area contributed by atoms with Crippen LogP contribution in [0.4, 0.5) is 5.69 Å². The second-order valence-electron chi connectivity index (χ2n) is 7.14. The van der Waals surface area contributed by atoms with Gasteiger partial charge in [0, 0.05) is 32.2 Å². The Kier molecular flexibility index (Phi) is 6.38. The number of hydrogen-bond donors (Lipinski definition) is 0. The summed E-state index contributed by atoms with van der Waals surface area (Å²) >= 11 is 6.57. The molecule has 0 spiro atoms. The van der Waals surface area contributed by atoms with Crippen LogP contribution in [0.2, 0.25) is 5.02 Å². The summed E-state index contributed by atoms with van der Waals surface area (Å²) in [7, 11) is 0. The van der Waals surface area contributed by atoms with E-state index in [1.54, 1.807) is 0 Å². The van der Waals surface area contributed by atoms with E-state index < -0.39 is 0 Å². The molecule has 1 heterocycles. The Morgan fingerprint density at radius 1 is 0.828 bits per heavy atom. The molecule has 3 aromatic carbocycles. The Morgan fingerprint density at radius 3 is 2.21 bits per heavy atom. The highest BCUT2D eigenvalue weighted by Crippen LogP contribution is 2.31. The van der Waals surface area contributed by atoms with Crippen molar-refractivity contribution in [1.82, 2.24) is 4.90 Å².